The number of thiocarbonyl (C=S) groups is 1. The highest BCUT2D eigenvalue weighted by Gasteiger charge is 2.25. The molecule has 0 radical (unpaired) electrons. The van der Waals surface area contributed by atoms with Crippen LogP contribution in [0.15, 0.2) is 0 Å². The first-order valence-electron chi connectivity index (χ1n) is 2.97. The smallest absolute Gasteiger partial charge is 0.141 e. The number of carbonyl (C=O) groups is 1. The molecule has 9 heavy (non-hydrogen) atoms. The van der Waals surface area contributed by atoms with Gasteiger partial charge in [-0.15, -0.1) is 12.6 Å². The molecule has 0 aromatic rings. The van der Waals surface area contributed by atoms with Crippen molar-refractivity contribution in [1.29, 1.82) is 0 Å². The van der Waals surface area contributed by atoms with E-state index in [4.69, 9.17) is 12.2 Å². The first-order chi connectivity index (χ1) is 4.22. The van der Waals surface area contributed by atoms with Crippen LogP contribution in [0.1, 0.15) is 19.3 Å². The van der Waals surface area contributed by atoms with Crippen molar-refractivity contribution in [2.24, 2.45) is 5.92 Å². The van der Waals surface area contributed by atoms with Crippen LogP contribution in [-0.4, -0.2) is 9.98 Å². The van der Waals surface area contributed by atoms with Gasteiger partial charge < -0.3 is 0 Å². The summed E-state index contributed by atoms with van der Waals surface area (Å²) in [6.07, 6.45) is 2.61. The van der Waals surface area contributed by atoms with Crippen LogP contribution < -0.4 is 0 Å². The zero-order valence-electron chi connectivity index (χ0n) is 4.96. The van der Waals surface area contributed by atoms with Gasteiger partial charge in [-0.3, -0.25) is 4.79 Å². The third-order valence-corrected chi connectivity index (χ3v) is 2.20. The first kappa shape index (κ1) is 7.22. The summed E-state index contributed by atoms with van der Waals surface area (Å²) >= 11 is 8.74. The highest BCUT2D eigenvalue weighted by Crippen LogP contribution is 2.23. The fraction of sp³-hybridized carbons (Fsp3) is 0.667. The summed E-state index contributed by atoms with van der Waals surface area (Å²) in [5.41, 5.74) is 0. The van der Waals surface area contributed by atoms with E-state index in [2.05, 4.69) is 12.6 Å². The van der Waals surface area contributed by atoms with Crippen LogP contribution in [-0.2, 0) is 4.79 Å². The summed E-state index contributed by atoms with van der Waals surface area (Å²) in [6.45, 7) is 0. The van der Waals surface area contributed by atoms with E-state index >= 15 is 0 Å². The van der Waals surface area contributed by atoms with E-state index in [-0.39, 0.29) is 11.7 Å². The summed E-state index contributed by atoms with van der Waals surface area (Å²) < 4.78 is 0.567. The number of rotatable bonds is 1. The SMILES string of the molecule is O=C1CCCC1C(=S)S. The monoisotopic (exact) mass is 160 g/mol. The van der Waals surface area contributed by atoms with Crippen molar-refractivity contribution in [2.45, 2.75) is 19.3 Å². The number of Topliss-reactive ketones (excluding diaryl/α,β-unsaturated/α-hetero) is 1. The number of thiol groups is 1. The van der Waals surface area contributed by atoms with Gasteiger partial charge in [0.2, 0.25) is 0 Å². The van der Waals surface area contributed by atoms with E-state index < -0.39 is 0 Å². The van der Waals surface area contributed by atoms with Crippen molar-refractivity contribution in [3.05, 3.63) is 0 Å². The Hall–Kier alpha value is 0.110. The van der Waals surface area contributed by atoms with Crippen molar-refractivity contribution >= 4 is 34.8 Å². The molecule has 0 bridgehead atoms. The lowest BCUT2D eigenvalue weighted by atomic mass is 10.1. The molecule has 3 heteroatoms. The van der Waals surface area contributed by atoms with Gasteiger partial charge in [0.05, 0.1) is 10.1 Å². The van der Waals surface area contributed by atoms with Gasteiger partial charge in [-0.05, 0) is 12.8 Å². The number of ketones is 1. The van der Waals surface area contributed by atoms with Gasteiger partial charge in [0, 0.05) is 6.42 Å². The molecule has 0 N–H and O–H groups in total. The lowest BCUT2D eigenvalue weighted by Crippen LogP contribution is -2.11. The molecular formula is C6H8OS2. The van der Waals surface area contributed by atoms with E-state index in [1.165, 1.54) is 0 Å². The molecule has 0 amide bonds. The van der Waals surface area contributed by atoms with Crippen LogP contribution in [0.5, 0.6) is 0 Å². The fourth-order valence-corrected chi connectivity index (χ4v) is 1.60. The summed E-state index contributed by atoms with van der Waals surface area (Å²) in [6, 6.07) is 0. The predicted octanol–water partition coefficient (Wildman–Crippen LogP) is 1.61. The Bertz CT molecular complexity index is 153. The Kier molecular flexibility index (Phi) is 2.24. The van der Waals surface area contributed by atoms with Crippen LogP contribution in [0.25, 0.3) is 0 Å². The largest absolute Gasteiger partial charge is 0.299 e. The second-order valence-corrected chi connectivity index (χ2v) is 3.47. The van der Waals surface area contributed by atoms with Crippen molar-refractivity contribution in [2.75, 3.05) is 0 Å². The minimum Gasteiger partial charge on any atom is -0.299 e. The topological polar surface area (TPSA) is 17.1 Å². The summed E-state index contributed by atoms with van der Waals surface area (Å²) in [5, 5.41) is 0. The molecular weight excluding hydrogens is 152 g/mol. The van der Waals surface area contributed by atoms with Crippen LogP contribution in [0.2, 0.25) is 0 Å². The Morgan fingerprint density at radius 3 is 2.67 bits per heavy atom. The van der Waals surface area contributed by atoms with E-state index in [0.717, 1.165) is 12.8 Å². The summed E-state index contributed by atoms with van der Waals surface area (Å²) in [5.74, 6) is 0.262. The zero-order valence-corrected chi connectivity index (χ0v) is 6.67. The van der Waals surface area contributed by atoms with Crippen LogP contribution >= 0.6 is 24.8 Å². The molecule has 0 aromatic heterocycles. The predicted molar refractivity (Wildman–Crippen MR) is 43.9 cm³/mol. The zero-order chi connectivity index (χ0) is 6.85. The fourth-order valence-electron chi connectivity index (χ4n) is 1.08. The summed E-state index contributed by atoms with van der Waals surface area (Å²) in [4.78, 5) is 10.9. The second kappa shape index (κ2) is 2.80. The van der Waals surface area contributed by atoms with E-state index in [9.17, 15) is 4.79 Å². The highest BCUT2D eigenvalue weighted by molar-refractivity contribution is 8.11. The Balaban J connectivity index is 2.60. The average Bonchev–Trinajstić information content (AvgIpc) is 2.13. The molecule has 50 valence electrons. The molecule has 1 atom stereocenters. The molecule has 1 aliphatic rings. The molecule has 1 unspecified atom stereocenters. The van der Waals surface area contributed by atoms with Crippen LogP contribution in [0.3, 0.4) is 0 Å². The normalized spacial score (nSPS) is 26.8. The molecule has 1 rings (SSSR count). The third kappa shape index (κ3) is 1.52. The van der Waals surface area contributed by atoms with Crippen molar-refractivity contribution in [3.8, 4) is 0 Å². The van der Waals surface area contributed by atoms with Gasteiger partial charge in [-0.1, -0.05) is 12.2 Å². The van der Waals surface area contributed by atoms with Gasteiger partial charge in [0.15, 0.2) is 0 Å². The Labute approximate surface area is 65.2 Å². The molecule has 1 aliphatic carbocycles. The van der Waals surface area contributed by atoms with Gasteiger partial charge in [0.1, 0.15) is 5.78 Å². The molecule has 0 heterocycles. The minimum absolute atomic E-state index is 0.0108. The maximum atomic E-state index is 10.9. The lowest BCUT2D eigenvalue weighted by Gasteiger charge is -2.00. The molecule has 1 nitrogen and oxygen atoms in total. The van der Waals surface area contributed by atoms with E-state index in [1.807, 2.05) is 0 Å². The Morgan fingerprint density at radius 2 is 2.44 bits per heavy atom. The van der Waals surface area contributed by atoms with Crippen LogP contribution in [0, 0.1) is 5.92 Å². The quantitative estimate of drug-likeness (QED) is 0.463. The highest BCUT2D eigenvalue weighted by atomic mass is 32.1. The third-order valence-electron chi connectivity index (χ3n) is 1.60. The number of hydrogen-bond donors (Lipinski definition) is 1. The van der Waals surface area contributed by atoms with Gasteiger partial charge in [-0.2, -0.15) is 0 Å². The second-order valence-electron chi connectivity index (χ2n) is 2.25. The maximum Gasteiger partial charge on any atom is 0.141 e. The number of carbonyl (C=O) groups excluding carboxylic acids is 1. The van der Waals surface area contributed by atoms with E-state index in [0.29, 0.717) is 10.6 Å². The van der Waals surface area contributed by atoms with Crippen LogP contribution in [0.4, 0.5) is 0 Å². The lowest BCUT2D eigenvalue weighted by molar-refractivity contribution is -0.118. The summed E-state index contributed by atoms with van der Waals surface area (Å²) in [7, 11) is 0. The molecule has 0 aromatic carbocycles. The maximum absolute atomic E-state index is 10.9. The molecule has 0 saturated heterocycles. The van der Waals surface area contributed by atoms with Gasteiger partial charge in [0.25, 0.3) is 0 Å². The molecule has 0 aliphatic heterocycles. The van der Waals surface area contributed by atoms with Gasteiger partial charge >= 0.3 is 0 Å². The van der Waals surface area contributed by atoms with Gasteiger partial charge in [-0.25, -0.2) is 0 Å². The molecule has 1 saturated carbocycles. The minimum atomic E-state index is -0.0108. The van der Waals surface area contributed by atoms with Crippen molar-refractivity contribution < 1.29 is 4.79 Å². The standard InChI is InChI=1S/C6H8OS2/c7-5-3-1-2-4(5)6(8)9/h4H,1-3H2,(H,8,9). The molecule has 1 fully saturated rings. The Morgan fingerprint density at radius 1 is 1.78 bits per heavy atom. The van der Waals surface area contributed by atoms with Crippen molar-refractivity contribution in [1.82, 2.24) is 0 Å². The average molecular weight is 160 g/mol. The number of hydrogen-bond acceptors (Lipinski definition) is 2. The molecule has 0 spiro atoms. The van der Waals surface area contributed by atoms with Crippen molar-refractivity contribution in [3.63, 3.8) is 0 Å². The van der Waals surface area contributed by atoms with E-state index in [1.54, 1.807) is 0 Å². The first-order valence-corrected chi connectivity index (χ1v) is 3.83.